The van der Waals surface area contributed by atoms with Crippen molar-refractivity contribution in [2.24, 2.45) is 0 Å². The van der Waals surface area contributed by atoms with Crippen LogP contribution >= 0.6 is 11.6 Å². The van der Waals surface area contributed by atoms with Crippen molar-refractivity contribution in [3.63, 3.8) is 0 Å². The average Bonchev–Trinajstić information content (AvgIpc) is 2.44. The lowest BCUT2D eigenvalue weighted by atomic mass is 10.1. The lowest BCUT2D eigenvalue weighted by Gasteiger charge is -2.08. The predicted molar refractivity (Wildman–Crippen MR) is 79.6 cm³/mol. The molecule has 0 saturated heterocycles. The van der Waals surface area contributed by atoms with Gasteiger partial charge in [-0.2, -0.15) is 0 Å². The second-order valence-corrected chi connectivity index (χ2v) is 4.48. The molecule has 0 radical (unpaired) electrons. The molecule has 0 aliphatic carbocycles. The van der Waals surface area contributed by atoms with Gasteiger partial charge in [-0.15, -0.1) is 11.6 Å². The van der Waals surface area contributed by atoms with E-state index >= 15 is 0 Å². The van der Waals surface area contributed by atoms with E-state index in [1.54, 1.807) is 0 Å². The number of para-hydroxylation sites is 1. The van der Waals surface area contributed by atoms with Gasteiger partial charge in [0.1, 0.15) is 12.4 Å². The number of hydrogen-bond acceptors (Lipinski definition) is 1. The van der Waals surface area contributed by atoms with E-state index in [1.807, 2.05) is 30.3 Å². The van der Waals surface area contributed by atoms with Crippen molar-refractivity contribution in [1.82, 2.24) is 0 Å². The van der Waals surface area contributed by atoms with Crippen molar-refractivity contribution in [2.75, 3.05) is 5.88 Å². The van der Waals surface area contributed by atoms with Gasteiger partial charge < -0.3 is 4.74 Å². The average molecular weight is 271 g/mol. The highest BCUT2D eigenvalue weighted by molar-refractivity contribution is 6.19. The lowest BCUT2D eigenvalue weighted by molar-refractivity contribution is 0.305. The number of benzene rings is 2. The number of halogens is 1. The van der Waals surface area contributed by atoms with E-state index in [0.717, 1.165) is 16.9 Å². The Kier molecular flexibility index (Phi) is 4.89. The van der Waals surface area contributed by atoms with Crippen molar-refractivity contribution in [1.29, 1.82) is 0 Å². The molecule has 2 aromatic rings. The Morgan fingerprint density at radius 1 is 1.11 bits per heavy atom. The number of ether oxygens (including phenoxy) is 1. The van der Waals surface area contributed by atoms with Crippen LogP contribution in [0.2, 0.25) is 0 Å². The van der Waals surface area contributed by atoms with Gasteiger partial charge >= 0.3 is 0 Å². The summed E-state index contributed by atoms with van der Waals surface area (Å²) in [6.07, 6.45) is 0. The first-order chi connectivity index (χ1) is 9.29. The third kappa shape index (κ3) is 4.05. The molecule has 0 N–H and O–H groups in total. The largest absolute Gasteiger partial charge is 0.488 e. The van der Waals surface area contributed by atoms with E-state index < -0.39 is 0 Å². The van der Waals surface area contributed by atoms with Crippen molar-refractivity contribution in [3.8, 4) is 17.6 Å². The van der Waals surface area contributed by atoms with Crippen LogP contribution in [-0.2, 0) is 6.61 Å². The zero-order chi connectivity index (χ0) is 13.5. The van der Waals surface area contributed by atoms with Gasteiger partial charge in [0.25, 0.3) is 0 Å². The molecule has 0 aromatic heterocycles. The molecule has 96 valence electrons. The second-order valence-electron chi connectivity index (χ2n) is 4.21. The Labute approximate surface area is 119 Å². The van der Waals surface area contributed by atoms with E-state index in [0.29, 0.717) is 12.5 Å². The first kappa shape index (κ1) is 13.5. The normalized spacial score (nSPS) is 9.58. The van der Waals surface area contributed by atoms with Crippen LogP contribution in [0, 0.1) is 18.8 Å². The highest BCUT2D eigenvalue weighted by Gasteiger charge is 2.01. The first-order valence-electron chi connectivity index (χ1n) is 6.12. The Hall–Kier alpha value is -1.91. The van der Waals surface area contributed by atoms with Gasteiger partial charge in [-0.3, -0.25) is 0 Å². The molecular formula is C17H15ClO. The smallest absolute Gasteiger partial charge is 0.135 e. The van der Waals surface area contributed by atoms with Crippen molar-refractivity contribution >= 4 is 11.6 Å². The molecule has 0 amide bonds. The number of hydrogen-bond donors (Lipinski definition) is 0. The van der Waals surface area contributed by atoms with Crippen LogP contribution in [0.3, 0.4) is 0 Å². The predicted octanol–water partition coefficient (Wildman–Crippen LogP) is 4.16. The Balaban J connectivity index is 2.11. The van der Waals surface area contributed by atoms with Crippen LogP contribution in [0.5, 0.6) is 5.75 Å². The fourth-order valence-electron chi connectivity index (χ4n) is 1.79. The molecule has 1 nitrogen and oxygen atoms in total. The molecule has 0 aliphatic rings. The lowest BCUT2D eigenvalue weighted by Crippen LogP contribution is -1.97. The molecule has 0 spiro atoms. The zero-order valence-electron chi connectivity index (χ0n) is 10.8. The zero-order valence-corrected chi connectivity index (χ0v) is 11.6. The molecule has 0 aliphatic heterocycles. The Morgan fingerprint density at radius 2 is 1.95 bits per heavy atom. The minimum Gasteiger partial charge on any atom is -0.488 e. The minimum atomic E-state index is 0.326. The highest BCUT2D eigenvalue weighted by Crippen LogP contribution is 2.18. The van der Waals surface area contributed by atoms with Crippen molar-refractivity contribution < 1.29 is 4.74 Å². The standard InChI is InChI=1S/C17H15ClO/c1-14-6-4-7-15(12-14)13-19-17-10-3-2-8-16(17)9-5-11-18/h2-4,6-8,10,12H,11,13H2,1H3. The summed E-state index contributed by atoms with van der Waals surface area (Å²) < 4.78 is 5.83. The van der Waals surface area contributed by atoms with Gasteiger partial charge in [-0.05, 0) is 24.6 Å². The SMILES string of the molecule is Cc1cccc(COc2ccccc2C#CCCl)c1. The van der Waals surface area contributed by atoms with Gasteiger partial charge in [0, 0.05) is 0 Å². The first-order valence-corrected chi connectivity index (χ1v) is 6.65. The van der Waals surface area contributed by atoms with Gasteiger partial charge in [0.05, 0.1) is 11.4 Å². The van der Waals surface area contributed by atoms with Crippen LogP contribution in [0.1, 0.15) is 16.7 Å². The van der Waals surface area contributed by atoms with Gasteiger partial charge in [-0.25, -0.2) is 0 Å². The van der Waals surface area contributed by atoms with Crippen LogP contribution in [-0.4, -0.2) is 5.88 Å². The molecular weight excluding hydrogens is 256 g/mol. The molecule has 0 unspecified atom stereocenters. The molecule has 0 bridgehead atoms. The summed E-state index contributed by atoms with van der Waals surface area (Å²) in [4.78, 5) is 0. The van der Waals surface area contributed by atoms with Crippen molar-refractivity contribution in [2.45, 2.75) is 13.5 Å². The van der Waals surface area contributed by atoms with Crippen LogP contribution in [0.15, 0.2) is 48.5 Å². The van der Waals surface area contributed by atoms with Gasteiger partial charge in [-0.1, -0.05) is 53.8 Å². The minimum absolute atomic E-state index is 0.326. The number of rotatable bonds is 3. The van der Waals surface area contributed by atoms with E-state index in [-0.39, 0.29) is 0 Å². The molecule has 2 rings (SSSR count). The summed E-state index contributed by atoms with van der Waals surface area (Å²) >= 11 is 5.58. The molecule has 0 saturated carbocycles. The quantitative estimate of drug-likeness (QED) is 0.601. The van der Waals surface area contributed by atoms with Crippen LogP contribution in [0.25, 0.3) is 0 Å². The van der Waals surface area contributed by atoms with E-state index in [1.165, 1.54) is 5.56 Å². The van der Waals surface area contributed by atoms with Gasteiger partial charge in [0.15, 0.2) is 0 Å². The number of aryl methyl sites for hydroxylation is 1. The summed E-state index contributed by atoms with van der Waals surface area (Å²) in [7, 11) is 0. The second kappa shape index (κ2) is 6.87. The fourth-order valence-corrected chi connectivity index (χ4v) is 1.85. The maximum Gasteiger partial charge on any atom is 0.135 e. The molecule has 2 aromatic carbocycles. The monoisotopic (exact) mass is 270 g/mol. The summed E-state index contributed by atoms with van der Waals surface area (Å²) in [6, 6.07) is 16.0. The van der Waals surface area contributed by atoms with Crippen LogP contribution in [0.4, 0.5) is 0 Å². The summed E-state index contributed by atoms with van der Waals surface area (Å²) in [5.74, 6) is 6.97. The molecule has 19 heavy (non-hydrogen) atoms. The molecule has 0 fully saturated rings. The number of alkyl halides is 1. The Morgan fingerprint density at radius 3 is 2.74 bits per heavy atom. The van der Waals surface area contributed by atoms with Crippen LogP contribution < -0.4 is 4.74 Å². The third-order valence-electron chi connectivity index (χ3n) is 2.65. The molecule has 0 atom stereocenters. The van der Waals surface area contributed by atoms with E-state index in [9.17, 15) is 0 Å². The fraction of sp³-hybridized carbons (Fsp3) is 0.176. The summed E-state index contributed by atoms with van der Waals surface area (Å²) in [6.45, 7) is 2.62. The molecule has 2 heteroatoms. The topological polar surface area (TPSA) is 9.23 Å². The highest BCUT2D eigenvalue weighted by atomic mass is 35.5. The maximum absolute atomic E-state index is 5.83. The molecule has 0 heterocycles. The third-order valence-corrected chi connectivity index (χ3v) is 2.79. The maximum atomic E-state index is 5.83. The summed E-state index contributed by atoms with van der Waals surface area (Å²) in [5.41, 5.74) is 3.26. The van der Waals surface area contributed by atoms with Gasteiger partial charge in [0.2, 0.25) is 0 Å². The van der Waals surface area contributed by atoms with E-state index in [4.69, 9.17) is 16.3 Å². The van der Waals surface area contributed by atoms with Crippen molar-refractivity contribution in [3.05, 3.63) is 65.2 Å². The summed E-state index contributed by atoms with van der Waals surface area (Å²) in [5, 5.41) is 0. The Bertz CT molecular complexity index is 608. The van der Waals surface area contributed by atoms with E-state index in [2.05, 4.69) is 37.0 Å².